The Morgan fingerprint density at radius 3 is 2.65 bits per heavy atom. The van der Waals surface area contributed by atoms with Crippen LogP contribution in [0, 0.1) is 17.8 Å². The molecule has 0 heterocycles. The summed E-state index contributed by atoms with van der Waals surface area (Å²) in [5.41, 5.74) is 1.28. The van der Waals surface area contributed by atoms with Crippen molar-refractivity contribution in [3.63, 3.8) is 0 Å². The van der Waals surface area contributed by atoms with E-state index in [1.165, 1.54) is 50.5 Å². The Morgan fingerprint density at radius 1 is 1.05 bits per heavy atom. The molecule has 2 aliphatic carbocycles. The van der Waals surface area contributed by atoms with E-state index in [1.807, 2.05) is 12.1 Å². The van der Waals surface area contributed by atoms with Crippen molar-refractivity contribution in [1.29, 1.82) is 0 Å². The van der Waals surface area contributed by atoms with Crippen molar-refractivity contribution >= 4 is 23.2 Å². The van der Waals surface area contributed by atoms with Crippen molar-refractivity contribution in [2.45, 2.75) is 56.7 Å². The lowest BCUT2D eigenvalue weighted by molar-refractivity contribution is 0.127. The molecule has 4 unspecified atom stereocenters. The molecular formula is C18H24Cl2. The molecule has 0 bridgehead atoms. The molecular weight excluding hydrogens is 287 g/mol. The zero-order valence-corrected chi connectivity index (χ0v) is 13.5. The standard InChI is InChI=1S/C18H24Cl2/c19-17-7-3-4-13(10-17)11-18(20)16-9-8-14-5-1-2-6-15(14)12-16/h3-4,7,10,14-16,18H,1-2,5-6,8-9,11-12H2. The average molecular weight is 311 g/mol. The molecule has 0 N–H and O–H groups in total. The molecule has 2 saturated carbocycles. The van der Waals surface area contributed by atoms with Gasteiger partial charge in [-0.3, -0.25) is 0 Å². The van der Waals surface area contributed by atoms with Gasteiger partial charge in [0.15, 0.2) is 0 Å². The van der Waals surface area contributed by atoms with Crippen molar-refractivity contribution in [2.24, 2.45) is 17.8 Å². The summed E-state index contributed by atoms with van der Waals surface area (Å²) in [6.45, 7) is 0. The molecule has 0 radical (unpaired) electrons. The fourth-order valence-corrected chi connectivity index (χ4v) is 4.91. The van der Waals surface area contributed by atoms with Gasteiger partial charge in [0.2, 0.25) is 0 Å². The first-order valence-electron chi connectivity index (χ1n) is 8.11. The quantitative estimate of drug-likeness (QED) is 0.592. The maximum absolute atomic E-state index is 6.73. The summed E-state index contributed by atoms with van der Waals surface area (Å²) in [4.78, 5) is 0. The second-order valence-electron chi connectivity index (χ2n) is 6.73. The lowest BCUT2D eigenvalue weighted by atomic mass is 9.66. The van der Waals surface area contributed by atoms with Crippen LogP contribution in [-0.4, -0.2) is 5.38 Å². The lowest BCUT2D eigenvalue weighted by Gasteiger charge is -2.40. The minimum atomic E-state index is 0.274. The van der Waals surface area contributed by atoms with E-state index in [9.17, 15) is 0 Å². The molecule has 4 atom stereocenters. The normalized spacial score (nSPS) is 31.6. The Bertz CT molecular complexity index is 443. The van der Waals surface area contributed by atoms with Gasteiger partial charge in [-0.2, -0.15) is 0 Å². The van der Waals surface area contributed by atoms with Gasteiger partial charge in [0, 0.05) is 10.4 Å². The summed E-state index contributed by atoms with van der Waals surface area (Å²) in [7, 11) is 0. The predicted octanol–water partition coefficient (Wildman–Crippen LogP) is 6.10. The minimum absolute atomic E-state index is 0.274. The Kier molecular flexibility index (Phi) is 4.94. The summed E-state index contributed by atoms with van der Waals surface area (Å²) in [6, 6.07) is 8.16. The third-order valence-corrected chi connectivity index (χ3v) is 6.16. The molecule has 110 valence electrons. The van der Waals surface area contributed by atoms with E-state index in [0.29, 0.717) is 5.92 Å². The van der Waals surface area contributed by atoms with Crippen LogP contribution in [0.15, 0.2) is 24.3 Å². The monoisotopic (exact) mass is 310 g/mol. The number of alkyl halides is 1. The maximum Gasteiger partial charge on any atom is 0.0408 e. The fourth-order valence-electron chi connectivity index (χ4n) is 4.29. The molecule has 2 heteroatoms. The van der Waals surface area contributed by atoms with E-state index < -0.39 is 0 Å². The third kappa shape index (κ3) is 3.52. The van der Waals surface area contributed by atoms with Gasteiger partial charge in [0.1, 0.15) is 0 Å². The first-order valence-corrected chi connectivity index (χ1v) is 8.92. The summed E-state index contributed by atoms with van der Waals surface area (Å²) in [6.07, 6.45) is 10.9. The number of rotatable bonds is 3. The molecule has 2 aliphatic rings. The zero-order chi connectivity index (χ0) is 13.9. The third-order valence-electron chi connectivity index (χ3n) is 5.41. The van der Waals surface area contributed by atoms with Crippen LogP contribution >= 0.6 is 23.2 Å². The van der Waals surface area contributed by atoms with E-state index in [2.05, 4.69) is 12.1 Å². The Hall–Kier alpha value is -0.200. The van der Waals surface area contributed by atoms with E-state index >= 15 is 0 Å². The van der Waals surface area contributed by atoms with Crippen LogP contribution in [0.25, 0.3) is 0 Å². The molecule has 2 fully saturated rings. The van der Waals surface area contributed by atoms with E-state index in [-0.39, 0.29) is 5.38 Å². The first-order chi connectivity index (χ1) is 9.72. The molecule has 1 aromatic carbocycles. The average Bonchev–Trinajstić information content (AvgIpc) is 2.47. The smallest absolute Gasteiger partial charge is 0.0408 e. The van der Waals surface area contributed by atoms with Crippen molar-refractivity contribution in [2.75, 3.05) is 0 Å². The number of hydrogen-bond donors (Lipinski definition) is 0. The number of hydrogen-bond acceptors (Lipinski definition) is 0. The van der Waals surface area contributed by atoms with Gasteiger partial charge in [0.05, 0.1) is 0 Å². The van der Waals surface area contributed by atoms with Gasteiger partial charge < -0.3 is 0 Å². The Balaban J connectivity index is 1.58. The van der Waals surface area contributed by atoms with Crippen LogP contribution in [0.2, 0.25) is 5.02 Å². The summed E-state index contributed by atoms with van der Waals surface area (Å²) in [5.74, 6) is 2.67. The fraction of sp³-hybridized carbons (Fsp3) is 0.667. The number of halogens is 2. The number of benzene rings is 1. The Labute approximate surface area is 132 Å². The molecule has 0 saturated heterocycles. The molecule has 20 heavy (non-hydrogen) atoms. The molecule has 0 aliphatic heterocycles. The number of fused-ring (bicyclic) bond motifs is 1. The van der Waals surface area contributed by atoms with Crippen LogP contribution in [0.3, 0.4) is 0 Å². The predicted molar refractivity (Wildman–Crippen MR) is 87.6 cm³/mol. The van der Waals surface area contributed by atoms with Gasteiger partial charge in [-0.1, -0.05) is 49.4 Å². The van der Waals surface area contributed by atoms with Crippen LogP contribution in [0.4, 0.5) is 0 Å². The first kappa shape index (κ1) is 14.7. The summed E-state index contributed by atoms with van der Waals surface area (Å²) in [5, 5.41) is 1.10. The van der Waals surface area contributed by atoms with Crippen LogP contribution < -0.4 is 0 Å². The van der Waals surface area contributed by atoms with Gasteiger partial charge >= 0.3 is 0 Å². The van der Waals surface area contributed by atoms with Crippen LogP contribution in [0.5, 0.6) is 0 Å². The van der Waals surface area contributed by atoms with Crippen molar-refractivity contribution in [1.82, 2.24) is 0 Å². The maximum atomic E-state index is 6.73. The molecule has 0 amide bonds. The van der Waals surface area contributed by atoms with Gasteiger partial charge in [-0.15, -0.1) is 11.6 Å². The zero-order valence-electron chi connectivity index (χ0n) is 12.0. The second kappa shape index (κ2) is 6.71. The minimum Gasteiger partial charge on any atom is -0.122 e. The van der Waals surface area contributed by atoms with Crippen LogP contribution in [0.1, 0.15) is 50.5 Å². The van der Waals surface area contributed by atoms with Crippen molar-refractivity contribution < 1.29 is 0 Å². The SMILES string of the molecule is Clc1cccc(CC(Cl)C2CCC3CCCCC3C2)c1. The second-order valence-corrected chi connectivity index (χ2v) is 7.72. The highest BCUT2D eigenvalue weighted by Gasteiger charge is 2.34. The Morgan fingerprint density at radius 2 is 1.85 bits per heavy atom. The lowest BCUT2D eigenvalue weighted by Crippen LogP contribution is -2.32. The van der Waals surface area contributed by atoms with Gasteiger partial charge in [-0.05, 0) is 61.1 Å². The van der Waals surface area contributed by atoms with E-state index in [1.54, 1.807) is 0 Å². The topological polar surface area (TPSA) is 0 Å². The largest absolute Gasteiger partial charge is 0.122 e. The van der Waals surface area contributed by atoms with E-state index in [0.717, 1.165) is 23.3 Å². The molecule has 3 rings (SSSR count). The molecule has 1 aromatic rings. The molecule has 0 aromatic heterocycles. The van der Waals surface area contributed by atoms with Crippen molar-refractivity contribution in [3.05, 3.63) is 34.9 Å². The van der Waals surface area contributed by atoms with Crippen LogP contribution in [-0.2, 0) is 6.42 Å². The van der Waals surface area contributed by atoms with Gasteiger partial charge in [0.25, 0.3) is 0 Å². The highest BCUT2D eigenvalue weighted by atomic mass is 35.5. The highest BCUT2D eigenvalue weighted by Crippen LogP contribution is 2.44. The van der Waals surface area contributed by atoms with Gasteiger partial charge in [-0.25, -0.2) is 0 Å². The van der Waals surface area contributed by atoms with E-state index in [4.69, 9.17) is 23.2 Å². The van der Waals surface area contributed by atoms with Crippen molar-refractivity contribution in [3.8, 4) is 0 Å². The molecule has 0 spiro atoms. The summed E-state index contributed by atoms with van der Waals surface area (Å²) >= 11 is 12.8. The summed E-state index contributed by atoms with van der Waals surface area (Å²) < 4.78 is 0. The highest BCUT2D eigenvalue weighted by molar-refractivity contribution is 6.30. The molecule has 0 nitrogen and oxygen atoms in total.